The molecule has 0 saturated carbocycles. The summed E-state index contributed by atoms with van der Waals surface area (Å²) in [5.41, 5.74) is 2.69. The van der Waals surface area contributed by atoms with Gasteiger partial charge in [0.25, 0.3) is 0 Å². The van der Waals surface area contributed by atoms with Gasteiger partial charge < -0.3 is 15.0 Å². The largest absolute Gasteiger partial charge is 0.377 e. The number of nitrogens with zero attached hydrogens (tertiary/aromatic N) is 4. The minimum absolute atomic E-state index is 0.0839. The SMILES string of the molecule is O=C(Nc1ccc(-n2ccnn2)cc1)N1CCOC[C@H]1c1ccccc1. The maximum absolute atomic E-state index is 12.8. The number of anilines is 1. The molecule has 132 valence electrons. The number of benzene rings is 2. The van der Waals surface area contributed by atoms with Gasteiger partial charge in [-0.3, -0.25) is 0 Å². The van der Waals surface area contributed by atoms with E-state index in [1.165, 1.54) is 0 Å². The Bertz CT molecular complexity index is 849. The fraction of sp³-hybridized carbons (Fsp3) is 0.211. The molecule has 1 aromatic heterocycles. The quantitative estimate of drug-likeness (QED) is 0.789. The highest BCUT2D eigenvalue weighted by atomic mass is 16.5. The van der Waals surface area contributed by atoms with Crippen molar-refractivity contribution in [1.29, 1.82) is 0 Å². The zero-order chi connectivity index (χ0) is 17.8. The van der Waals surface area contributed by atoms with E-state index in [9.17, 15) is 4.79 Å². The first-order valence-electron chi connectivity index (χ1n) is 8.48. The molecule has 7 nitrogen and oxygen atoms in total. The average molecular weight is 349 g/mol. The number of carbonyl (C=O) groups excluding carboxylic acids is 1. The molecular formula is C19H19N5O2. The number of amides is 2. The lowest BCUT2D eigenvalue weighted by atomic mass is 10.1. The van der Waals surface area contributed by atoms with Gasteiger partial charge in [0.1, 0.15) is 0 Å². The van der Waals surface area contributed by atoms with Crippen molar-refractivity contribution in [3.05, 3.63) is 72.6 Å². The Kier molecular flexibility index (Phi) is 4.61. The summed E-state index contributed by atoms with van der Waals surface area (Å²) in [6.45, 7) is 1.60. The summed E-state index contributed by atoms with van der Waals surface area (Å²) in [5.74, 6) is 0. The van der Waals surface area contributed by atoms with Crippen molar-refractivity contribution in [2.45, 2.75) is 6.04 Å². The van der Waals surface area contributed by atoms with Gasteiger partial charge in [-0.05, 0) is 29.8 Å². The Labute approximate surface area is 151 Å². The van der Waals surface area contributed by atoms with Gasteiger partial charge in [-0.1, -0.05) is 35.5 Å². The third-order valence-corrected chi connectivity index (χ3v) is 4.38. The van der Waals surface area contributed by atoms with E-state index in [0.29, 0.717) is 19.8 Å². The van der Waals surface area contributed by atoms with Gasteiger partial charge in [0.05, 0.1) is 37.3 Å². The van der Waals surface area contributed by atoms with Crippen LogP contribution in [0.25, 0.3) is 5.69 Å². The van der Waals surface area contributed by atoms with Crippen LogP contribution in [-0.4, -0.2) is 45.7 Å². The summed E-state index contributed by atoms with van der Waals surface area (Å²) in [6, 6.07) is 17.2. The molecule has 1 aliphatic heterocycles. The van der Waals surface area contributed by atoms with Gasteiger partial charge in [0.15, 0.2) is 0 Å². The lowest BCUT2D eigenvalue weighted by Gasteiger charge is -2.35. The van der Waals surface area contributed by atoms with Crippen LogP contribution in [0.4, 0.5) is 10.5 Å². The van der Waals surface area contributed by atoms with Crippen molar-refractivity contribution in [3.63, 3.8) is 0 Å². The molecule has 1 N–H and O–H groups in total. The van der Waals surface area contributed by atoms with Crippen molar-refractivity contribution >= 4 is 11.7 Å². The number of morpholine rings is 1. The molecule has 26 heavy (non-hydrogen) atoms. The van der Waals surface area contributed by atoms with Gasteiger partial charge in [0, 0.05) is 12.2 Å². The molecule has 1 atom stereocenters. The van der Waals surface area contributed by atoms with Crippen LogP contribution in [0, 0.1) is 0 Å². The maximum Gasteiger partial charge on any atom is 0.322 e. The monoisotopic (exact) mass is 349 g/mol. The molecule has 2 aromatic carbocycles. The minimum atomic E-state index is -0.129. The Balaban J connectivity index is 1.48. The lowest BCUT2D eigenvalue weighted by molar-refractivity contribution is 0.0148. The molecule has 0 bridgehead atoms. The standard InChI is InChI=1S/C19H19N5O2/c25-19(21-16-6-8-17(9-7-16)24-11-10-20-22-24)23-12-13-26-14-18(23)15-4-2-1-3-5-15/h1-11,18H,12-14H2,(H,21,25)/t18-/m0/s1. The molecule has 1 saturated heterocycles. The number of hydrogen-bond acceptors (Lipinski definition) is 4. The van der Waals surface area contributed by atoms with Gasteiger partial charge >= 0.3 is 6.03 Å². The maximum atomic E-state index is 12.8. The molecule has 2 heterocycles. The molecule has 7 heteroatoms. The van der Waals surface area contributed by atoms with Crippen LogP contribution in [0.5, 0.6) is 0 Å². The topological polar surface area (TPSA) is 72.3 Å². The molecule has 0 spiro atoms. The normalized spacial score (nSPS) is 17.1. The predicted octanol–water partition coefficient (Wildman–Crippen LogP) is 2.87. The first-order chi connectivity index (χ1) is 12.8. The van der Waals surface area contributed by atoms with E-state index in [4.69, 9.17) is 4.74 Å². The molecule has 3 aromatic rings. The summed E-state index contributed by atoms with van der Waals surface area (Å²) in [4.78, 5) is 14.6. The Morgan fingerprint density at radius 1 is 1.12 bits per heavy atom. The second-order valence-corrected chi connectivity index (χ2v) is 6.02. The third kappa shape index (κ3) is 3.43. The first-order valence-corrected chi connectivity index (χ1v) is 8.48. The van der Waals surface area contributed by atoms with E-state index < -0.39 is 0 Å². The summed E-state index contributed by atoms with van der Waals surface area (Å²) in [6.07, 6.45) is 3.39. The van der Waals surface area contributed by atoms with Gasteiger partial charge in [-0.15, -0.1) is 5.10 Å². The lowest BCUT2D eigenvalue weighted by Crippen LogP contribution is -2.45. The van der Waals surface area contributed by atoms with Crippen LogP contribution >= 0.6 is 0 Å². The number of ether oxygens (including phenoxy) is 1. The minimum Gasteiger partial charge on any atom is -0.377 e. The van der Waals surface area contributed by atoms with E-state index >= 15 is 0 Å². The van der Waals surface area contributed by atoms with Crippen molar-refractivity contribution in [3.8, 4) is 5.69 Å². The number of hydrogen-bond donors (Lipinski definition) is 1. The third-order valence-electron chi connectivity index (χ3n) is 4.38. The molecule has 0 radical (unpaired) electrons. The Hall–Kier alpha value is -3.19. The predicted molar refractivity (Wildman–Crippen MR) is 97.1 cm³/mol. The first kappa shape index (κ1) is 16.3. The van der Waals surface area contributed by atoms with E-state index in [0.717, 1.165) is 16.9 Å². The van der Waals surface area contributed by atoms with Crippen molar-refractivity contribution in [2.24, 2.45) is 0 Å². The number of carbonyl (C=O) groups is 1. The number of urea groups is 1. The second-order valence-electron chi connectivity index (χ2n) is 6.02. The average Bonchev–Trinajstić information content (AvgIpc) is 3.24. The van der Waals surface area contributed by atoms with E-state index in [-0.39, 0.29) is 12.1 Å². The highest BCUT2D eigenvalue weighted by molar-refractivity contribution is 5.89. The molecular weight excluding hydrogens is 330 g/mol. The van der Waals surface area contributed by atoms with E-state index in [1.807, 2.05) is 59.5 Å². The molecule has 4 rings (SSSR count). The van der Waals surface area contributed by atoms with Crippen LogP contribution in [-0.2, 0) is 4.74 Å². The van der Waals surface area contributed by atoms with E-state index in [1.54, 1.807) is 17.1 Å². The summed E-state index contributed by atoms with van der Waals surface area (Å²) in [7, 11) is 0. The van der Waals surface area contributed by atoms with Crippen LogP contribution in [0.3, 0.4) is 0 Å². The highest BCUT2D eigenvalue weighted by Crippen LogP contribution is 2.25. The van der Waals surface area contributed by atoms with Crippen LogP contribution in [0.15, 0.2) is 67.0 Å². The molecule has 0 aliphatic carbocycles. The zero-order valence-electron chi connectivity index (χ0n) is 14.2. The number of nitrogens with one attached hydrogen (secondary N) is 1. The summed E-state index contributed by atoms with van der Waals surface area (Å²) in [5, 5.41) is 10.7. The highest BCUT2D eigenvalue weighted by Gasteiger charge is 2.28. The van der Waals surface area contributed by atoms with E-state index in [2.05, 4.69) is 15.6 Å². The Morgan fingerprint density at radius 2 is 1.92 bits per heavy atom. The van der Waals surface area contributed by atoms with Gasteiger partial charge in [-0.25, -0.2) is 9.48 Å². The van der Waals surface area contributed by atoms with Crippen molar-refractivity contribution in [1.82, 2.24) is 19.9 Å². The fourth-order valence-corrected chi connectivity index (χ4v) is 3.04. The molecule has 0 unspecified atom stereocenters. The number of aromatic nitrogens is 3. The van der Waals surface area contributed by atoms with Crippen LogP contribution in [0.2, 0.25) is 0 Å². The molecule has 2 amide bonds. The molecule has 1 fully saturated rings. The van der Waals surface area contributed by atoms with Gasteiger partial charge in [0.2, 0.25) is 0 Å². The second kappa shape index (κ2) is 7.37. The number of rotatable bonds is 3. The van der Waals surface area contributed by atoms with Crippen LogP contribution in [0.1, 0.15) is 11.6 Å². The zero-order valence-corrected chi connectivity index (χ0v) is 14.2. The Morgan fingerprint density at radius 3 is 2.65 bits per heavy atom. The van der Waals surface area contributed by atoms with Crippen LogP contribution < -0.4 is 5.32 Å². The van der Waals surface area contributed by atoms with Gasteiger partial charge in [-0.2, -0.15) is 0 Å². The smallest absolute Gasteiger partial charge is 0.322 e. The summed E-state index contributed by atoms with van der Waals surface area (Å²) >= 11 is 0. The summed E-state index contributed by atoms with van der Waals surface area (Å²) < 4.78 is 7.25. The van der Waals surface area contributed by atoms with Crippen molar-refractivity contribution in [2.75, 3.05) is 25.1 Å². The van der Waals surface area contributed by atoms with Crippen molar-refractivity contribution < 1.29 is 9.53 Å². The fourth-order valence-electron chi connectivity index (χ4n) is 3.04. The molecule has 1 aliphatic rings.